The van der Waals surface area contributed by atoms with E-state index in [0.717, 1.165) is 23.1 Å². The van der Waals surface area contributed by atoms with Crippen LogP contribution in [0.4, 0.5) is 0 Å². The molecule has 0 aliphatic carbocycles. The zero-order valence-corrected chi connectivity index (χ0v) is 14.1. The zero-order chi connectivity index (χ0) is 16.6. The monoisotopic (exact) mass is 324 g/mol. The molecular formula is C18H17ClN4. The SMILES string of the molecule is Cc1c(-c2ccccc2)c(Cl)n2nc(CC(C)C)nc2c1C#N. The number of rotatable bonds is 3. The average molecular weight is 325 g/mol. The van der Waals surface area contributed by atoms with E-state index in [1.54, 1.807) is 4.52 Å². The minimum Gasteiger partial charge on any atom is -0.210 e. The summed E-state index contributed by atoms with van der Waals surface area (Å²) in [4.78, 5) is 4.53. The predicted molar refractivity (Wildman–Crippen MR) is 91.4 cm³/mol. The second-order valence-corrected chi connectivity index (χ2v) is 6.36. The van der Waals surface area contributed by atoms with Gasteiger partial charge in [-0.2, -0.15) is 5.26 Å². The van der Waals surface area contributed by atoms with Crippen LogP contribution in [-0.4, -0.2) is 14.6 Å². The predicted octanol–water partition coefficient (Wildman–Crippen LogP) is 4.43. The van der Waals surface area contributed by atoms with Crippen molar-refractivity contribution in [2.24, 2.45) is 5.92 Å². The molecule has 2 heterocycles. The maximum Gasteiger partial charge on any atom is 0.175 e. The fourth-order valence-corrected chi connectivity index (χ4v) is 3.10. The van der Waals surface area contributed by atoms with E-state index >= 15 is 0 Å². The van der Waals surface area contributed by atoms with Crippen molar-refractivity contribution in [3.63, 3.8) is 0 Å². The Morgan fingerprint density at radius 2 is 1.96 bits per heavy atom. The molecular weight excluding hydrogens is 308 g/mol. The number of halogens is 1. The van der Waals surface area contributed by atoms with Gasteiger partial charge in [-0.05, 0) is 24.0 Å². The summed E-state index contributed by atoms with van der Waals surface area (Å²) in [5.41, 5.74) is 3.69. The molecule has 0 aliphatic heterocycles. The average Bonchev–Trinajstić information content (AvgIpc) is 2.92. The molecule has 23 heavy (non-hydrogen) atoms. The summed E-state index contributed by atoms with van der Waals surface area (Å²) < 4.78 is 1.59. The normalized spacial score (nSPS) is 11.1. The maximum absolute atomic E-state index is 9.60. The van der Waals surface area contributed by atoms with Crippen molar-refractivity contribution in [3.05, 3.63) is 52.4 Å². The highest BCUT2D eigenvalue weighted by Gasteiger charge is 2.20. The molecule has 0 aliphatic rings. The van der Waals surface area contributed by atoms with Crippen molar-refractivity contribution < 1.29 is 0 Å². The Morgan fingerprint density at radius 1 is 1.26 bits per heavy atom. The summed E-state index contributed by atoms with van der Waals surface area (Å²) in [6, 6.07) is 12.1. The number of aromatic nitrogens is 3. The molecule has 2 aromatic heterocycles. The summed E-state index contributed by atoms with van der Waals surface area (Å²) in [7, 11) is 0. The van der Waals surface area contributed by atoms with Gasteiger partial charge < -0.3 is 0 Å². The van der Waals surface area contributed by atoms with Crippen LogP contribution < -0.4 is 0 Å². The lowest BCUT2D eigenvalue weighted by Gasteiger charge is -2.11. The zero-order valence-electron chi connectivity index (χ0n) is 13.3. The fraction of sp³-hybridized carbons (Fsp3) is 0.278. The van der Waals surface area contributed by atoms with Crippen molar-refractivity contribution >= 4 is 17.2 Å². The van der Waals surface area contributed by atoms with Crippen molar-refractivity contribution in [3.8, 4) is 17.2 Å². The lowest BCUT2D eigenvalue weighted by atomic mass is 9.99. The smallest absolute Gasteiger partial charge is 0.175 e. The minimum absolute atomic E-state index is 0.436. The van der Waals surface area contributed by atoms with Gasteiger partial charge in [0.15, 0.2) is 11.5 Å². The van der Waals surface area contributed by atoms with Crippen LogP contribution in [0.1, 0.15) is 30.8 Å². The molecule has 0 N–H and O–H groups in total. The first-order valence-corrected chi connectivity index (χ1v) is 7.94. The summed E-state index contributed by atoms with van der Waals surface area (Å²) in [5.74, 6) is 1.15. The van der Waals surface area contributed by atoms with Gasteiger partial charge in [0.2, 0.25) is 0 Å². The Kier molecular flexibility index (Phi) is 4.06. The van der Waals surface area contributed by atoms with Crippen LogP contribution in [0.5, 0.6) is 0 Å². The molecule has 0 saturated heterocycles. The maximum atomic E-state index is 9.60. The van der Waals surface area contributed by atoms with Gasteiger partial charge in [-0.3, -0.25) is 0 Å². The number of pyridine rings is 1. The molecule has 5 heteroatoms. The van der Waals surface area contributed by atoms with Crippen molar-refractivity contribution in [2.75, 3.05) is 0 Å². The van der Waals surface area contributed by atoms with E-state index < -0.39 is 0 Å². The Labute approximate surface area is 140 Å². The van der Waals surface area contributed by atoms with E-state index in [9.17, 15) is 5.26 Å². The van der Waals surface area contributed by atoms with Crippen LogP contribution in [0, 0.1) is 24.2 Å². The lowest BCUT2D eigenvalue weighted by molar-refractivity contribution is 0.620. The molecule has 3 rings (SSSR count). The van der Waals surface area contributed by atoms with Gasteiger partial charge in [0.1, 0.15) is 16.8 Å². The van der Waals surface area contributed by atoms with E-state index in [2.05, 4.69) is 30.0 Å². The highest BCUT2D eigenvalue weighted by atomic mass is 35.5. The Hall–Kier alpha value is -2.38. The van der Waals surface area contributed by atoms with E-state index in [1.165, 1.54) is 0 Å². The van der Waals surface area contributed by atoms with Gasteiger partial charge >= 0.3 is 0 Å². The topological polar surface area (TPSA) is 54.0 Å². The second kappa shape index (κ2) is 6.02. The summed E-state index contributed by atoms with van der Waals surface area (Å²) in [6.07, 6.45) is 0.753. The largest absolute Gasteiger partial charge is 0.210 e. The molecule has 0 amide bonds. The summed E-state index contributed by atoms with van der Waals surface area (Å²) in [5, 5.41) is 14.6. The number of hydrogen-bond donors (Lipinski definition) is 0. The van der Waals surface area contributed by atoms with E-state index in [4.69, 9.17) is 11.6 Å². The van der Waals surface area contributed by atoms with E-state index in [-0.39, 0.29) is 0 Å². The van der Waals surface area contributed by atoms with Crippen LogP contribution in [0.25, 0.3) is 16.8 Å². The molecule has 116 valence electrons. The Morgan fingerprint density at radius 3 is 2.57 bits per heavy atom. The third-order valence-corrected chi connectivity index (χ3v) is 4.13. The standard InChI is InChI=1S/C18H17ClN4/c1-11(2)9-15-21-18-14(10-20)12(3)16(17(19)23(18)22-15)13-7-5-4-6-8-13/h4-8,11H,9H2,1-3H3. The van der Waals surface area contributed by atoms with Crippen LogP contribution in [-0.2, 0) is 6.42 Å². The molecule has 4 nitrogen and oxygen atoms in total. The van der Waals surface area contributed by atoms with Gasteiger partial charge in [-0.1, -0.05) is 55.8 Å². The molecule has 0 fully saturated rings. The number of benzene rings is 1. The van der Waals surface area contributed by atoms with E-state index in [0.29, 0.717) is 28.1 Å². The van der Waals surface area contributed by atoms with Crippen LogP contribution in [0.3, 0.4) is 0 Å². The molecule has 0 atom stereocenters. The summed E-state index contributed by atoms with van der Waals surface area (Å²) in [6.45, 7) is 6.13. The van der Waals surface area contributed by atoms with Crippen molar-refractivity contribution in [1.82, 2.24) is 14.6 Å². The highest BCUT2D eigenvalue weighted by molar-refractivity contribution is 6.32. The van der Waals surface area contributed by atoms with E-state index in [1.807, 2.05) is 37.3 Å². The first kappa shape index (κ1) is 15.5. The lowest BCUT2D eigenvalue weighted by Crippen LogP contribution is -2.01. The van der Waals surface area contributed by atoms with Crippen molar-refractivity contribution in [1.29, 1.82) is 5.26 Å². The third-order valence-electron chi connectivity index (χ3n) is 3.78. The van der Waals surface area contributed by atoms with Gasteiger partial charge in [0.05, 0.1) is 0 Å². The molecule has 0 unspecified atom stereocenters. The van der Waals surface area contributed by atoms with Crippen LogP contribution >= 0.6 is 11.6 Å². The molecule has 0 spiro atoms. The van der Waals surface area contributed by atoms with Gasteiger partial charge in [-0.15, -0.1) is 5.10 Å². The van der Waals surface area contributed by atoms with Gasteiger partial charge in [-0.25, -0.2) is 9.50 Å². The van der Waals surface area contributed by atoms with Crippen LogP contribution in [0.15, 0.2) is 30.3 Å². The molecule has 0 saturated carbocycles. The van der Waals surface area contributed by atoms with Crippen molar-refractivity contribution in [2.45, 2.75) is 27.2 Å². The number of nitriles is 1. The minimum atomic E-state index is 0.436. The number of hydrogen-bond acceptors (Lipinski definition) is 3. The quantitative estimate of drug-likeness (QED) is 0.670. The Bertz CT molecular complexity index is 904. The molecule has 0 bridgehead atoms. The Balaban J connectivity index is 2.33. The molecule has 0 radical (unpaired) electrons. The fourth-order valence-electron chi connectivity index (χ4n) is 2.73. The van der Waals surface area contributed by atoms with Crippen LogP contribution in [0.2, 0.25) is 5.15 Å². The molecule has 3 aromatic rings. The van der Waals surface area contributed by atoms with Gasteiger partial charge in [0.25, 0.3) is 0 Å². The first-order valence-electron chi connectivity index (χ1n) is 7.56. The second-order valence-electron chi connectivity index (χ2n) is 6.01. The van der Waals surface area contributed by atoms with Gasteiger partial charge in [0, 0.05) is 12.0 Å². The number of nitrogens with zero attached hydrogens (tertiary/aromatic N) is 4. The third kappa shape index (κ3) is 2.69. The molecule has 1 aromatic carbocycles. The first-order chi connectivity index (χ1) is 11.0. The summed E-state index contributed by atoms with van der Waals surface area (Å²) >= 11 is 6.61. The number of fused-ring (bicyclic) bond motifs is 1. The highest BCUT2D eigenvalue weighted by Crippen LogP contribution is 2.34.